The Balaban J connectivity index is 2.33. The Bertz CT molecular complexity index is 334. The molecule has 1 aliphatic rings. The van der Waals surface area contributed by atoms with Gasteiger partial charge in [0.05, 0.1) is 6.07 Å². The summed E-state index contributed by atoms with van der Waals surface area (Å²) in [7, 11) is 0. The largest absolute Gasteiger partial charge is 0.192 e. The van der Waals surface area contributed by atoms with E-state index in [4.69, 9.17) is 5.26 Å². The zero-order valence-corrected chi connectivity index (χ0v) is 7.66. The van der Waals surface area contributed by atoms with Crippen LogP contribution >= 0.6 is 0 Å². The van der Waals surface area contributed by atoms with Crippen molar-refractivity contribution in [3.05, 3.63) is 29.8 Å². The van der Waals surface area contributed by atoms with Crippen molar-refractivity contribution in [3.8, 4) is 6.07 Å². The van der Waals surface area contributed by atoms with E-state index in [0.717, 1.165) is 5.56 Å². The van der Waals surface area contributed by atoms with E-state index in [-0.39, 0.29) is 0 Å². The molecule has 0 radical (unpaired) electrons. The first-order valence-electron chi connectivity index (χ1n) is 4.91. The lowest BCUT2D eigenvalue weighted by atomic mass is 9.43. The highest BCUT2D eigenvalue weighted by Gasteiger charge is 2.22. The normalized spacial score (nSPS) is 15.8. The molecule has 0 amide bonds. The van der Waals surface area contributed by atoms with Gasteiger partial charge in [0.25, 0.3) is 0 Å². The van der Waals surface area contributed by atoms with Gasteiger partial charge < -0.3 is 0 Å². The summed E-state index contributed by atoms with van der Waals surface area (Å²) in [6.07, 6.45) is 5.17. The van der Waals surface area contributed by atoms with E-state index in [0.29, 0.717) is 6.71 Å². The summed E-state index contributed by atoms with van der Waals surface area (Å²) in [5.41, 5.74) is 2.14. The van der Waals surface area contributed by atoms with E-state index in [9.17, 15) is 0 Å². The smallest absolute Gasteiger partial charge is 0.177 e. The van der Waals surface area contributed by atoms with Gasteiger partial charge in [-0.2, -0.15) is 5.26 Å². The lowest BCUT2D eigenvalue weighted by Crippen LogP contribution is -2.28. The Morgan fingerprint density at radius 2 is 1.85 bits per heavy atom. The fraction of sp³-hybridized carbons (Fsp3) is 0.364. The predicted octanol–water partition coefficient (Wildman–Crippen LogP) is 2.05. The predicted molar refractivity (Wildman–Crippen MR) is 55.4 cm³/mol. The first-order chi connectivity index (χ1) is 6.42. The molecular weight excluding hydrogens is 157 g/mol. The molecule has 0 spiro atoms. The number of benzene rings is 1. The van der Waals surface area contributed by atoms with Crippen LogP contribution in [-0.2, 0) is 0 Å². The van der Waals surface area contributed by atoms with Crippen molar-refractivity contribution >= 4 is 12.2 Å². The van der Waals surface area contributed by atoms with Gasteiger partial charge in [-0.15, -0.1) is 0 Å². The van der Waals surface area contributed by atoms with Crippen LogP contribution in [0.1, 0.15) is 18.4 Å². The second-order valence-corrected chi connectivity index (χ2v) is 3.68. The SMILES string of the molecule is N#Cc1ccccc1B1CCCC1. The van der Waals surface area contributed by atoms with Crippen LogP contribution in [0.15, 0.2) is 24.3 Å². The summed E-state index contributed by atoms with van der Waals surface area (Å²) in [5, 5.41) is 8.93. The van der Waals surface area contributed by atoms with Crippen molar-refractivity contribution in [2.45, 2.75) is 25.5 Å². The third kappa shape index (κ3) is 1.60. The molecule has 0 aromatic heterocycles. The molecule has 1 fully saturated rings. The van der Waals surface area contributed by atoms with Crippen molar-refractivity contribution < 1.29 is 0 Å². The van der Waals surface area contributed by atoms with Crippen LogP contribution in [0.2, 0.25) is 12.6 Å². The lowest BCUT2D eigenvalue weighted by molar-refractivity contribution is 0.935. The Hall–Kier alpha value is -1.23. The highest BCUT2D eigenvalue weighted by Crippen LogP contribution is 2.19. The third-order valence-corrected chi connectivity index (χ3v) is 2.88. The van der Waals surface area contributed by atoms with E-state index in [1.54, 1.807) is 0 Å². The van der Waals surface area contributed by atoms with Crippen molar-refractivity contribution in [2.24, 2.45) is 0 Å². The van der Waals surface area contributed by atoms with Crippen LogP contribution in [0.25, 0.3) is 0 Å². The standard InChI is InChI=1S/C11H12BN/c13-9-10-5-1-2-6-11(10)12-7-3-4-8-12/h1-2,5-6H,3-4,7-8H2. The molecule has 2 rings (SSSR count). The lowest BCUT2D eigenvalue weighted by Gasteiger charge is -2.06. The molecule has 13 heavy (non-hydrogen) atoms. The van der Waals surface area contributed by atoms with Crippen LogP contribution in [0.4, 0.5) is 0 Å². The Morgan fingerprint density at radius 1 is 1.15 bits per heavy atom. The molecule has 1 aromatic carbocycles. The molecule has 0 N–H and O–H groups in total. The Labute approximate surface area is 79.5 Å². The average molecular weight is 169 g/mol. The van der Waals surface area contributed by atoms with Crippen LogP contribution in [0.3, 0.4) is 0 Å². The summed E-state index contributed by atoms with van der Waals surface area (Å²) in [6.45, 7) is 0.649. The third-order valence-electron chi connectivity index (χ3n) is 2.88. The highest BCUT2D eigenvalue weighted by atomic mass is 14.2. The molecule has 0 aliphatic carbocycles. The molecule has 1 nitrogen and oxygen atoms in total. The molecule has 0 saturated carbocycles. The maximum absolute atomic E-state index is 8.93. The summed E-state index contributed by atoms with van der Waals surface area (Å²) in [6, 6.07) is 10.3. The summed E-state index contributed by atoms with van der Waals surface area (Å²) >= 11 is 0. The van der Waals surface area contributed by atoms with Gasteiger partial charge in [-0.25, -0.2) is 0 Å². The van der Waals surface area contributed by atoms with Crippen molar-refractivity contribution in [1.29, 1.82) is 5.26 Å². The van der Waals surface area contributed by atoms with Crippen molar-refractivity contribution in [2.75, 3.05) is 0 Å². The fourth-order valence-electron chi connectivity index (χ4n) is 2.19. The molecule has 2 heteroatoms. The quantitative estimate of drug-likeness (QED) is 0.590. The van der Waals surface area contributed by atoms with Gasteiger partial charge in [0.15, 0.2) is 6.71 Å². The van der Waals surface area contributed by atoms with Crippen LogP contribution < -0.4 is 5.46 Å². The monoisotopic (exact) mass is 169 g/mol. The average Bonchev–Trinajstić information content (AvgIpc) is 2.70. The number of nitriles is 1. The van der Waals surface area contributed by atoms with E-state index in [2.05, 4.69) is 12.1 Å². The number of rotatable bonds is 1. The maximum atomic E-state index is 8.93. The minimum Gasteiger partial charge on any atom is -0.192 e. The molecular formula is C11H12BN. The fourth-order valence-corrected chi connectivity index (χ4v) is 2.19. The number of hydrogen-bond acceptors (Lipinski definition) is 1. The van der Waals surface area contributed by atoms with Gasteiger partial charge in [0.1, 0.15) is 0 Å². The topological polar surface area (TPSA) is 23.8 Å². The molecule has 1 heterocycles. The number of nitrogens with zero attached hydrogens (tertiary/aromatic N) is 1. The maximum Gasteiger partial charge on any atom is 0.177 e. The first-order valence-corrected chi connectivity index (χ1v) is 4.91. The molecule has 1 aliphatic heterocycles. The molecule has 64 valence electrons. The van der Waals surface area contributed by atoms with Crippen molar-refractivity contribution in [3.63, 3.8) is 0 Å². The van der Waals surface area contributed by atoms with E-state index in [1.807, 2.05) is 18.2 Å². The van der Waals surface area contributed by atoms with E-state index < -0.39 is 0 Å². The van der Waals surface area contributed by atoms with Gasteiger partial charge in [0.2, 0.25) is 0 Å². The van der Waals surface area contributed by atoms with Crippen LogP contribution in [0, 0.1) is 11.3 Å². The Morgan fingerprint density at radius 3 is 2.54 bits per heavy atom. The van der Waals surface area contributed by atoms with Gasteiger partial charge in [-0.1, -0.05) is 49.1 Å². The minimum atomic E-state index is 0.649. The second kappa shape index (κ2) is 3.66. The number of hydrogen-bond donors (Lipinski definition) is 0. The van der Waals surface area contributed by atoms with Crippen molar-refractivity contribution in [1.82, 2.24) is 0 Å². The molecule has 0 bridgehead atoms. The van der Waals surface area contributed by atoms with E-state index in [1.165, 1.54) is 30.9 Å². The minimum absolute atomic E-state index is 0.649. The summed E-state index contributed by atoms with van der Waals surface area (Å²) < 4.78 is 0. The van der Waals surface area contributed by atoms with Gasteiger partial charge in [0, 0.05) is 5.56 Å². The van der Waals surface area contributed by atoms with E-state index >= 15 is 0 Å². The Kier molecular flexibility index (Phi) is 2.36. The molecule has 0 atom stereocenters. The van der Waals surface area contributed by atoms with Gasteiger partial charge in [-0.05, 0) is 6.07 Å². The second-order valence-electron chi connectivity index (χ2n) is 3.68. The zero-order chi connectivity index (χ0) is 9.10. The first kappa shape index (κ1) is 8.38. The molecule has 1 saturated heterocycles. The zero-order valence-electron chi connectivity index (χ0n) is 7.66. The molecule has 0 unspecified atom stereocenters. The highest BCUT2D eigenvalue weighted by molar-refractivity contribution is 6.74. The van der Waals surface area contributed by atoms with Crippen LogP contribution in [-0.4, -0.2) is 6.71 Å². The summed E-state index contributed by atoms with van der Waals surface area (Å²) in [5.74, 6) is 0. The van der Waals surface area contributed by atoms with Crippen LogP contribution in [0.5, 0.6) is 0 Å². The van der Waals surface area contributed by atoms with Gasteiger partial charge >= 0.3 is 0 Å². The molecule has 1 aromatic rings. The summed E-state index contributed by atoms with van der Waals surface area (Å²) in [4.78, 5) is 0. The van der Waals surface area contributed by atoms with Gasteiger partial charge in [-0.3, -0.25) is 0 Å².